The lowest BCUT2D eigenvalue weighted by atomic mass is 9.85. The van der Waals surface area contributed by atoms with Crippen molar-refractivity contribution >= 4 is 5.91 Å². The zero-order valence-corrected chi connectivity index (χ0v) is 15.2. The van der Waals surface area contributed by atoms with E-state index in [-0.39, 0.29) is 23.3 Å². The molecule has 1 N–H and O–H groups in total. The SMILES string of the molecule is CC(C)C(NC(=O)C1CCOCC1)c1ccc(C(C)(C)C)cc1. The molecule has 0 spiro atoms. The highest BCUT2D eigenvalue weighted by atomic mass is 16.5. The molecule has 0 radical (unpaired) electrons. The molecule has 3 nitrogen and oxygen atoms in total. The van der Waals surface area contributed by atoms with Crippen LogP contribution < -0.4 is 5.32 Å². The minimum absolute atomic E-state index is 0.0689. The molecule has 23 heavy (non-hydrogen) atoms. The molecule has 1 aromatic rings. The number of rotatable bonds is 4. The topological polar surface area (TPSA) is 38.3 Å². The predicted octanol–water partition coefficient (Wildman–Crippen LogP) is 4.22. The van der Waals surface area contributed by atoms with Gasteiger partial charge in [-0.25, -0.2) is 0 Å². The molecule has 1 amide bonds. The summed E-state index contributed by atoms with van der Waals surface area (Å²) >= 11 is 0. The number of carbonyl (C=O) groups excluding carboxylic acids is 1. The van der Waals surface area contributed by atoms with Crippen molar-refractivity contribution in [3.8, 4) is 0 Å². The summed E-state index contributed by atoms with van der Waals surface area (Å²) in [6.07, 6.45) is 1.67. The maximum absolute atomic E-state index is 12.5. The molecule has 1 aromatic carbocycles. The fourth-order valence-electron chi connectivity index (χ4n) is 3.06. The van der Waals surface area contributed by atoms with Crippen LogP contribution in [0.4, 0.5) is 0 Å². The summed E-state index contributed by atoms with van der Waals surface area (Å²) in [4.78, 5) is 12.5. The van der Waals surface area contributed by atoms with Crippen LogP contribution in [0.1, 0.15) is 64.6 Å². The summed E-state index contributed by atoms with van der Waals surface area (Å²) < 4.78 is 5.35. The fraction of sp³-hybridized carbons (Fsp3) is 0.650. The van der Waals surface area contributed by atoms with Crippen molar-refractivity contribution in [1.82, 2.24) is 5.32 Å². The second kappa shape index (κ2) is 7.48. The molecular formula is C20H31NO2. The molecule has 1 aliphatic rings. The maximum Gasteiger partial charge on any atom is 0.223 e. The van der Waals surface area contributed by atoms with Crippen LogP contribution in [-0.2, 0) is 14.9 Å². The van der Waals surface area contributed by atoms with E-state index in [0.717, 1.165) is 12.8 Å². The summed E-state index contributed by atoms with van der Waals surface area (Å²) in [5.41, 5.74) is 2.66. The van der Waals surface area contributed by atoms with Crippen molar-refractivity contribution in [1.29, 1.82) is 0 Å². The third-order valence-corrected chi connectivity index (χ3v) is 4.69. The molecule has 3 heteroatoms. The van der Waals surface area contributed by atoms with E-state index in [4.69, 9.17) is 4.74 Å². The van der Waals surface area contributed by atoms with Gasteiger partial charge in [-0.2, -0.15) is 0 Å². The van der Waals surface area contributed by atoms with E-state index in [9.17, 15) is 4.79 Å². The van der Waals surface area contributed by atoms with Crippen LogP contribution in [-0.4, -0.2) is 19.1 Å². The van der Waals surface area contributed by atoms with Gasteiger partial charge in [-0.1, -0.05) is 58.9 Å². The lowest BCUT2D eigenvalue weighted by Gasteiger charge is -2.28. The van der Waals surface area contributed by atoms with E-state index in [1.165, 1.54) is 11.1 Å². The monoisotopic (exact) mass is 317 g/mol. The second-order valence-corrected chi connectivity index (χ2v) is 7.99. The van der Waals surface area contributed by atoms with E-state index in [1.807, 2.05) is 0 Å². The lowest BCUT2D eigenvalue weighted by Crippen LogP contribution is -2.38. The Bertz CT molecular complexity index is 507. The predicted molar refractivity (Wildman–Crippen MR) is 94.4 cm³/mol. The highest BCUT2D eigenvalue weighted by Crippen LogP contribution is 2.27. The summed E-state index contributed by atoms with van der Waals surface area (Å²) in [5, 5.41) is 3.27. The van der Waals surface area contributed by atoms with Crippen LogP contribution in [0.5, 0.6) is 0 Å². The number of amides is 1. The van der Waals surface area contributed by atoms with Gasteiger partial charge < -0.3 is 10.1 Å². The quantitative estimate of drug-likeness (QED) is 0.902. The van der Waals surface area contributed by atoms with Gasteiger partial charge in [0.1, 0.15) is 0 Å². The van der Waals surface area contributed by atoms with E-state index in [2.05, 4.69) is 64.2 Å². The molecule has 0 aromatic heterocycles. The number of hydrogen-bond donors (Lipinski definition) is 1. The largest absolute Gasteiger partial charge is 0.381 e. The van der Waals surface area contributed by atoms with Gasteiger partial charge >= 0.3 is 0 Å². The number of ether oxygens (including phenoxy) is 1. The Morgan fingerprint density at radius 3 is 2.17 bits per heavy atom. The normalized spacial score (nSPS) is 18.0. The minimum atomic E-state index is 0.0689. The number of carbonyl (C=O) groups is 1. The van der Waals surface area contributed by atoms with Crippen molar-refractivity contribution in [2.45, 2.75) is 58.9 Å². The van der Waals surface area contributed by atoms with Crippen molar-refractivity contribution in [2.75, 3.05) is 13.2 Å². The van der Waals surface area contributed by atoms with E-state index < -0.39 is 0 Å². The number of nitrogens with one attached hydrogen (secondary N) is 1. The first-order valence-corrected chi connectivity index (χ1v) is 8.77. The first kappa shape index (κ1) is 18.0. The van der Waals surface area contributed by atoms with Crippen LogP contribution in [0.15, 0.2) is 24.3 Å². The van der Waals surface area contributed by atoms with Gasteiger partial charge in [-0.05, 0) is 35.3 Å². The average Bonchev–Trinajstić information content (AvgIpc) is 2.52. The Hall–Kier alpha value is -1.35. The van der Waals surface area contributed by atoms with Crippen molar-refractivity contribution in [3.63, 3.8) is 0 Å². The Labute approximate surface area is 140 Å². The van der Waals surface area contributed by atoms with Crippen molar-refractivity contribution in [2.24, 2.45) is 11.8 Å². The molecular weight excluding hydrogens is 286 g/mol. The molecule has 1 aliphatic heterocycles. The molecule has 0 bridgehead atoms. The zero-order valence-electron chi connectivity index (χ0n) is 15.2. The Kier molecular flexibility index (Phi) is 5.85. The smallest absolute Gasteiger partial charge is 0.223 e. The highest BCUT2D eigenvalue weighted by Gasteiger charge is 2.26. The summed E-state index contributed by atoms with van der Waals surface area (Å²) in [5.74, 6) is 0.630. The summed E-state index contributed by atoms with van der Waals surface area (Å²) in [7, 11) is 0. The van der Waals surface area contributed by atoms with Crippen LogP contribution in [0.2, 0.25) is 0 Å². The van der Waals surface area contributed by atoms with Gasteiger partial charge in [0.15, 0.2) is 0 Å². The fourth-order valence-corrected chi connectivity index (χ4v) is 3.06. The molecule has 1 atom stereocenters. The molecule has 0 aliphatic carbocycles. The van der Waals surface area contributed by atoms with Crippen molar-refractivity contribution in [3.05, 3.63) is 35.4 Å². The lowest BCUT2D eigenvalue weighted by molar-refractivity contribution is -0.129. The Morgan fingerprint density at radius 1 is 1.13 bits per heavy atom. The third kappa shape index (κ3) is 4.81. The molecule has 1 heterocycles. The molecule has 1 saturated heterocycles. The van der Waals surface area contributed by atoms with Crippen LogP contribution in [0.25, 0.3) is 0 Å². The van der Waals surface area contributed by atoms with Gasteiger partial charge in [-0.3, -0.25) is 4.79 Å². The minimum Gasteiger partial charge on any atom is -0.381 e. The van der Waals surface area contributed by atoms with Gasteiger partial charge in [0, 0.05) is 19.1 Å². The van der Waals surface area contributed by atoms with Crippen LogP contribution >= 0.6 is 0 Å². The Balaban J connectivity index is 2.10. The van der Waals surface area contributed by atoms with Crippen LogP contribution in [0.3, 0.4) is 0 Å². The first-order chi connectivity index (χ1) is 10.8. The van der Waals surface area contributed by atoms with E-state index in [0.29, 0.717) is 19.1 Å². The first-order valence-electron chi connectivity index (χ1n) is 8.77. The maximum atomic E-state index is 12.5. The van der Waals surface area contributed by atoms with Gasteiger partial charge in [0.25, 0.3) is 0 Å². The van der Waals surface area contributed by atoms with E-state index >= 15 is 0 Å². The molecule has 1 fully saturated rings. The zero-order chi connectivity index (χ0) is 17.0. The van der Waals surface area contributed by atoms with Crippen LogP contribution in [0, 0.1) is 11.8 Å². The molecule has 1 unspecified atom stereocenters. The highest BCUT2D eigenvalue weighted by molar-refractivity contribution is 5.79. The van der Waals surface area contributed by atoms with Gasteiger partial charge in [0.05, 0.1) is 6.04 Å². The van der Waals surface area contributed by atoms with Gasteiger partial charge in [0.2, 0.25) is 5.91 Å². The Morgan fingerprint density at radius 2 is 1.70 bits per heavy atom. The molecule has 0 saturated carbocycles. The second-order valence-electron chi connectivity index (χ2n) is 7.99. The van der Waals surface area contributed by atoms with Crippen molar-refractivity contribution < 1.29 is 9.53 Å². The van der Waals surface area contributed by atoms with Gasteiger partial charge in [-0.15, -0.1) is 0 Å². The third-order valence-electron chi connectivity index (χ3n) is 4.69. The molecule has 128 valence electrons. The standard InChI is InChI=1S/C20H31NO2/c1-14(2)18(21-19(22)16-10-12-23-13-11-16)15-6-8-17(9-7-15)20(3,4)5/h6-9,14,16,18H,10-13H2,1-5H3,(H,21,22). The average molecular weight is 317 g/mol. The number of hydrogen-bond acceptors (Lipinski definition) is 2. The summed E-state index contributed by atoms with van der Waals surface area (Å²) in [6.45, 7) is 12.4. The summed E-state index contributed by atoms with van der Waals surface area (Å²) in [6, 6.07) is 8.76. The molecule has 2 rings (SSSR count). The number of benzene rings is 1. The van der Waals surface area contributed by atoms with E-state index in [1.54, 1.807) is 0 Å².